The number of nitrogens with one attached hydrogen (secondary N) is 2. The maximum atomic E-state index is 12.9. The molecule has 0 saturated carbocycles. The zero-order valence-corrected chi connectivity index (χ0v) is 17.7. The Morgan fingerprint density at radius 1 is 1.10 bits per heavy atom. The molecule has 2 N–H and O–H groups in total. The lowest BCUT2D eigenvalue weighted by Gasteiger charge is -2.22. The van der Waals surface area contributed by atoms with E-state index in [1.54, 1.807) is 19.1 Å². The number of rotatable bonds is 7. The molecule has 8 nitrogen and oxygen atoms in total. The van der Waals surface area contributed by atoms with Crippen molar-refractivity contribution in [1.29, 1.82) is 0 Å². The number of imide groups is 1. The number of benzene rings is 2. The molecule has 1 saturated heterocycles. The Bertz CT molecular complexity index is 990. The molecular weight excluding hydrogens is 398 g/mol. The Balaban J connectivity index is 1.57. The van der Waals surface area contributed by atoms with E-state index in [4.69, 9.17) is 4.74 Å². The van der Waals surface area contributed by atoms with Gasteiger partial charge in [0.05, 0.1) is 0 Å². The summed E-state index contributed by atoms with van der Waals surface area (Å²) in [6.45, 7) is 4.65. The van der Waals surface area contributed by atoms with Crippen LogP contribution in [0.25, 0.3) is 0 Å². The smallest absolute Gasteiger partial charge is 0.327 e. The lowest BCUT2D eigenvalue weighted by atomic mass is 9.91. The van der Waals surface area contributed by atoms with Gasteiger partial charge in [0.2, 0.25) is 0 Å². The summed E-state index contributed by atoms with van der Waals surface area (Å²) < 4.78 is 5.12. The zero-order chi connectivity index (χ0) is 22.6. The molecule has 3 rings (SSSR count). The molecule has 8 heteroatoms. The van der Waals surface area contributed by atoms with Crippen LogP contribution in [0.3, 0.4) is 0 Å². The molecular formula is C23H25N3O5. The highest BCUT2D eigenvalue weighted by Crippen LogP contribution is 2.28. The van der Waals surface area contributed by atoms with Crippen molar-refractivity contribution in [1.82, 2.24) is 15.5 Å². The van der Waals surface area contributed by atoms with E-state index in [0.717, 1.165) is 16.0 Å². The van der Waals surface area contributed by atoms with E-state index in [1.807, 2.05) is 49.4 Å². The molecule has 2 aromatic carbocycles. The minimum atomic E-state index is -1.27. The zero-order valence-electron chi connectivity index (χ0n) is 17.7. The standard InChI is InChI=1S/C23H25N3O5/c1-15-9-11-18(12-10-15)23(3)21(29)26(22(30)25-23)14-19(27)31-16(2)20(28)24-13-17-7-5-4-6-8-17/h4-12,16H,13-14H2,1-3H3,(H,24,28)(H,25,30)/t16-,23-/m0/s1. The fraction of sp³-hybridized carbons (Fsp3) is 0.304. The van der Waals surface area contributed by atoms with Gasteiger partial charge < -0.3 is 15.4 Å². The molecule has 0 aliphatic carbocycles. The number of urea groups is 1. The van der Waals surface area contributed by atoms with E-state index in [9.17, 15) is 19.2 Å². The first-order valence-electron chi connectivity index (χ1n) is 9.93. The summed E-state index contributed by atoms with van der Waals surface area (Å²) in [4.78, 5) is 50.5. The van der Waals surface area contributed by atoms with Crippen molar-refractivity contribution in [3.05, 3.63) is 71.3 Å². The molecule has 1 heterocycles. The number of esters is 1. The first-order valence-corrected chi connectivity index (χ1v) is 9.93. The quantitative estimate of drug-likeness (QED) is 0.524. The summed E-state index contributed by atoms with van der Waals surface area (Å²) in [5.74, 6) is -1.88. The number of amides is 4. The van der Waals surface area contributed by atoms with E-state index < -0.39 is 42.0 Å². The summed E-state index contributed by atoms with van der Waals surface area (Å²) in [6, 6.07) is 15.8. The molecule has 4 amide bonds. The van der Waals surface area contributed by atoms with Crippen molar-refractivity contribution in [2.75, 3.05) is 6.54 Å². The number of carbonyl (C=O) groups is 4. The molecule has 2 aromatic rings. The van der Waals surface area contributed by atoms with Gasteiger partial charge in [-0.25, -0.2) is 4.79 Å². The summed E-state index contributed by atoms with van der Waals surface area (Å²) in [5.41, 5.74) is 1.26. The van der Waals surface area contributed by atoms with Crippen LogP contribution in [-0.4, -0.2) is 41.4 Å². The van der Waals surface area contributed by atoms with Crippen LogP contribution < -0.4 is 10.6 Å². The molecule has 162 valence electrons. The number of carbonyl (C=O) groups excluding carboxylic acids is 4. The Hall–Kier alpha value is -3.68. The lowest BCUT2D eigenvalue weighted by molar-refractivity contribution is -0.156. The van der Waals surface area contributed by atoms with Gasteiger partial charge in [-0.2, -0.15) is 0 Å². The lowest BCUT2D eigenvalue weighted by Crippen LogP contribution is -2.42. The second kappa shape index (κ2) is 8.99. The van der Waals surface area contributed by atoms with E-state index >= 15 is 0 Å². The molecule has 1 aliphatic heterocycles. The van der Waals surface area contributed by atoms with Gasteiger partial charge in [-0.05, 0) is 31.9 Å². The van der Waals surface area contributed by atoms with Crippen molar-refractivity contribution in [3.8, 4) is 0 Å². The number of ether oxygens (including phenoxy) is 1. The molecule has 1 fully saturated rings. The van der Waals surface area contributed by atoms with Crippen LogP contribution in [0.1, 0.15) is 30.5 Å². The maximum Gasteiger partial charge on any atom is 0.327 e. The summed E-state index contributed by atoms with van der Waals surface area (Å²) in [6.07, 6.45) is -1.07. The van der Waals surface area contributed by atoms with Crippen LogP contribution in [0.15, 0.2) is 54.6 Å². The van der Waals surface area contributed by atoms with Gasteiger partial charge in [-0.1, -0.05) is 60.2 Å². The first kappa shape index (κ1) is 22.0. The predicted molar refractivity (Wildman–Crippen MR) is 113 cm³/mol. The Morgan fingerprint density at radius 3 is 2.39 bits per heavy atom. The fourth-order valence-electron chi connectivity index (χ4n) is 3.27. The predicted octanol–water partition coefficient (Wildman–Crippen LogP) is 2.01. The van der Waals surface area contributed by atoms with Crippen molar-refractivity contribution in [2.45, 2.75) is 39.0 Å². The largest absolute Gasteiger partial charge is 0.451 e. The average molecular weight is 423 g/mol. The second-order valence-electron chi connectivity index (χ2n) is 7.65. The molecule has 1 aliphatic rings. The normalized spacial score (nSPS) is 19.0. The van der Waals surface area contributed by atoms with Gasteiger partial charge in [0.15, 0.2) is 6.10 Å². The van der Waals surface area contributed by atoms with Crippen molar-refractivity contribution in [2.24, 2.45) is 0 Å². The highest BCUT2D eigenvalue weighted by atomic mass is 16.5. The number of nitrogens with zero attached hydrogens (tertiary/aromatic N) is 1. The number of hydrogen-bond acceptors (Lipinski definition) is 5. The molecule has 0 unspecified atom stereocenters. The van der Waals surface area contributed by atoms with Crippen LogP contribution in [0.5, 0.6) is 0 Å². The van der Waals surface area contributed by atoms with E-state index in [-0.39, 0.29) is 0 Å². The number of hydrogen-bond donors (Lipinski definition) is 2. The summed E-state index contributed by atoms with van der Waals surface area (Å²) in [5, 5.41) is 5.31. The van der Waals surface area contributed by atoms with Crippen molar-refractivity contribution in [3.63, 3.8) is 0 Å². The minimum absolute atomic E-state index is 0.295. The molecule has 0 spiro atoms. The van der Waals surface area contributed by atoms with Gasteiger partial charge >= 0.3 is 12.0 Å². The molecule has 0 radical (unpaired) electrons. The Morgan fingerprint density at radius 2 is 1.74 bits per heavy atom. The monoisotopic (exact) mass is 423 g/mol. The third-order valence-electron chi connectivity index (χ3n) is 5.18. The van der Waals surface area contributed by atoms with Crippen LogP contribution in [-0.2, 0) is 31.2 Å². The summed E-state index contributed by atoms with van der Waals surface area (Å²) in [7, 11) is 0. The topological polar surface area (TPSA) is 105 Å². The van der Waals surface area contributed by atoms with Crippen LogP contribution in [0.4, 0.5) is 4.79 Å². The minimum Gasteiger partial charge on any atom is -0.451 e. The van der Waals surface area contributed by atoms with Crippen molar-refractivity contribution < 1.29 is 23.9 Å². The van der Waals surface area contributed by atoms with Gasteiger partial charge in [0.1, 0.15) is 12.1 Å². The highest BCUT2D eigenvalue weighted by Gasteiger charge is 2.49. The molecule has 0 aromatic heterocycles. The molecule has 2 atom stereocenters. The van der Waals surface area contributed by atoms with Gasteiger partial charge in [-0.3, -0.25) is 19.3 Å². The second-order valence-corrected chi connectivity index (χ2v) is 7.65. The fourth-order valence-corrected chi connectivity index (χ4v) is 3.27. The maximum absolute atomic E-state index is 12.9. The Labute approximate surface area is 180 Å². The van der Waals surface area contributed by atoms with Gasteiger partial charge in [0, 0.05) is 6.54 Å². The Kier molecular flexibility index (Phi) is 6.39. The third kappa shape index (κ3) is 4.91. The van der Waals surface area contributed by atoms with Gasteiger partial charge in [-0.15, -0.1) is 0 Å². The van der Waals surface area contributed by atoms with Crippen molar-refractivity contribution >= 4 is 23.8 Å². The third-order valence-corrected chi connectivity index (χ3v) is 5.18. The van der Waals surface area contributed by atoms with E-state index in [2.05, 4.69) is 10.6 Å². The molecule has 0 bridgehead atoms. The SMILES string of the molecule is Cc1ccc([C@]2(C)NC(=O)N(CC(=O)O[C@@H](C)C(=O)NCc3ccccc3)C2=O)cc1. The number of aryl methyl sites for hydroxylation is 1. The van der Waals surface area contributed by atoms with Crippen LogP contribution in [0.2, 0.25) is 0 Å². The highest BCUT2D eigenvalue weighted by molar-refractivity contribution is 6.08. The van der Waals surface area contributed by atoms with Crippen LogP contribution >= 0.6 is 0 Å². The van der Waals surface area contributed by atoms with E-state index in [0.29, 0.717) is 12.1 Å². The van der Waals surface area contributed by atoms with Crippen LogP contribution in [0, 0.1) is 6.92 Å². The first-order chi connectivity index (χ1) is 14.7. The molecule has 31 heavy (non-hydrogen) atoms. The van der Waals surface area contributed by atoms with E-state index in [1.165, 1.54) is 6.92 Å². The summed E-state index contributed by atoms with van der Waals surface area (Å²) >= 11 is 0. The van der Waals surface area contributed by atoms with Gasteiger partial charge in [0.25, 0.3) is 11.8 Å². The average Bonchev–Trinajstić information content (AvgIpc) is 2.97.